The van der Waals surface area contributed by atoms with E-state index in [2.05, 4.69) is 16.8 Å². The molecule has 1 aromatic rings. The molecule has 0 saturated heterocycles. The van der Waals surface area contributed by atoms with Gasteiger partial charge >= 0.3 is 5.97 Å². The number of hydrogen-bond acceptors (Lipinski definition) is 3. The Balaban J connectivity index is 1.57. The third kappa shape index (κ3) is 3.46. The number of carboxylic acid groups (broad SMARTS) is 1. The van der Waals surface area contributed by atoms with Gasteiger partial charge in [-0.1, -0.05) is 6.07 Å². The summed E-state index contributed by atoms with van der Waals surface area (Å²) in [5.74, 6) is -0.289. The van der Waals surface area contributed by atoms with Gasteiger partial charge in [0.15, 0.2) is 0 Å². The first kappa shape index (κ1) is 14.6. The summed E-state index contributed by atoms with van der Waals surface area (Å²) in [7, 11) is 0. The Kier molecular flexibility index (Phi) is 4.29. The second kappa shape index (κ2) is 6.18. The van der Waals surface area contributed by atoms with Crippen molar-refractivity contribution in [2.45, 2.75) is 44.6 Å². The molecule has 21 heavy (non-hydrogen) atoms. The van der Waals surface area contributed by atoms with Crippen molar-refractivity contribution in [1.29, 1.82) is 0 Å². The quantitative estimate of drug-likeness (QED) is 0.878. The number of carbonyl (C=O) groups is 2. The van der Waals surface area contributed by atoms with Crippen molar-refractivity contribution in [2.75, 3.05) is 0 Å². The zero-order valence-electron chi connectivity index (χ0n) is 12.0. The standard InChI is InChI=1S/C16H21NO3S/c18-15(11-5-7-12(8-6-11)16(19)20)17-14(10-3-4-10)13-2-1-9-21-13/h1-2,9-12,14H,3-8H2,(H,17,18)(H,19,20). The maximum absolute atomic E-state index is 12.5. The lowest BCUT2D eigenvalue weighted by Crippen LogP contribution is -2.37. The monoisotopic (exact) mass is 307 g/mol. The minimum Gasteiger partial charge on any atom is -0.481 e. The van der Waals surface area contributed by atoms with Gasteiger partial charge in [-0.3, -0.25) is 9.59 Å². The second-order valence-electron chi connectivity index (χ2n) is 6.23. The predicted octanol–water partition coefficient (Wildman–Crippen LogP) is 3.21. The molecule has 2 aliphatic rings. The topological polar surface area (TPSA) is 66.4 Å². The van der Waals surface area contributed by atoms with Crippen LogP contribution < -0.4 is 5.32 Å². The van der Waals surface area contributed by atoms with Crippen molar-refractivity contribution < 1.29 is 14.7 Å². The van der Waals surface area contributed by atoms with E-state index in [9.17, 15) is 9.59 Å². The molecule has 3 rings (SSSR count). The molecule has 4 nitrogen and oxygen atoms in total. The van der Waals surface area contributed by atoms with Crippen molar-refractivity contribution in [1.82, 2.24) is 5.32 Å². The summed E-state index contributed by atoms with van der Waals surface area (Å²) in [4.78, 5) is 24.7. The Hall–Kier alpha value is -1.36. The average molecular weight is 307 g/mol. The van der Waals surface area contributed by atoms with E-state index in [1.807, 2.05) is 6.07 Å². The van der Waals surface area contributed by atoms with Crippen LogP contribution in [-0.2, 0) is 9.59 Å². The predicted molar refractivity (Wildman–Crippen MR) is 81.0 cm³/mol. The summed E-state index contributed by atoms with van der Waals surface area (Å²) in [6, 6.07) is 4.28. The smallest absolute Gasteiger partial charge is 0.306 e. The van der Waals surface area contributed by atoms with Crippen molar-refractivity contribution >= 4 is 23.2 Å². The van der Waals surface area contributed by atoms with Crippen molar-refractivity contribution in [3.05, 3.63) is 22.4 Å². The van der Waals surface area contributed by atoms with Crippen molar-refractivity contribution in [2.24, 2.45) is 17.8 Å². The van der Waals surface area contributed by atoms with Crippen LogP contribution in [0.15, 0.2) is 17.5 Å². The highest BCUT2D eigenvalue weighted by atomic mass is 32.1. The lowest BCUT2D eigenvalue weighted by Gasteiger charge is -2.27. The fourth-order valence-corrected chi connectivity index (χ4v) is 4.06. The van der Waals surface area contributed by atoms with Gasteiger partial charge in [0.1, 0.15) is 0 Å². The molecule has 0 aliphatic heterocycles. The molecule has 0 radical (unpaired) electrons. The molecule has 2 aliphatic carbocycles. The van der Waals surface area contributed by atoms with Crippen LogP contribution in [0.25, 0.3) is 0 Å². The van der Waals surface area contributed by atoms with Gasteiger partial charge in [-0.05, 0) is 55.9 Å². The van der Waals surface area contributed by atoms with E-state index >= 15 is 0 Å². The Morgan fingerprint density at radius 2 is 1.81 bits per heavy atom. The number of thiophene rings is 1. The number of carbonyl (C=O) groups excluding carboxylic acids is 1. The lowest BCUT2D eigenvalue weighted by molar-refractivity contribution is -0.144. The number of carboxylic acids is 1. The summed E-state index contributed by atoms with van der Waals surface area (Å²) in [6.07, 6.45) is 5.03. The Morgan fingerprint density at radius 1 is 1.14 bits per heavy atom. The van der Waals surface area contributed by atoms with Gasteiger partial charge in [0, 0.05) is 10.8 Å². The van der Waals surface area contributed by atoms with Crippen LogP contribution in [0, 0.1) is 17.8 Å². The van der Waals surface area contributed by atoms with Gasteiger partial charge in [0.05, 0.1) is 12.0 Å². The fraction of sp³-hybridized carbons (Fsp3) is 0.625. The average Bonchev–Trinajstić information content (AvgIpc) is 3.19. The molecule has 1 unspecified atom stereocenters. The normalized spacial score (nSPS) is 27.0. The zero-order valence-corrected chi connectivity index (χ0v) is 12.8. The first-order valence-corrected chi connectivity index (χ1v) is 8.59. The molecule has 5 heteroatoms. The number of rotatable bonds is 5. The molecular weight excluding hydrogens is 286 g/mol. The first-order chi connectivity index (χ1) is 10.1. The van der Waals surface area contributed by atoms with E-state index < -0.39 is 5.97 Å². The lowest BCUT2D eigenvalue weighted by atomic mass is 9.81. The van der Waals surface area contributed by atoms with Crippen LogP contribution in [0.5, 0.6) is 0 Å². The number of nitrogens with one attached hydrogen (secondary N) is 1. The van der Waals surface area contributed by atoms with Crippen molar-refractivity contribution in [3.63, 3.8) is 0 Å². The van der Waals surface area contributed by atoms with Crippen LogP contribution in [0.1, 0.15) is 49.4 Å². The zero-order chi connectivity index (χ0) is 14.8. The molecule has 2 saturated carbocycles. The Bertz CT molecular complexity index is 502. The van der Waals surface area contributed by atoms with E-state index in [4.69, 9.17) is 5.11 Å². The minimum atomic E-state index is -0.719. The molecule has 0 spiro atoms. The van der Waals surface area contributed by atoms with Gasteiger partial charge in [-0.15, -0.1) is 11.3 Å². The maximum Gasteiger partial charge on any atom is 0.306 e. The second-order valence-corrected chi connectivity index (χ2v) is 7.21. The third-order valence-electron chi connectivity index (χ3n) is 4.69. The van der Waals surface area contributed by atoms with E-state index in [-0.39, 0.29) is 23.8 Å². The number of hydrogen-bond donors (Lipinski definition) is 2. The maximum atomic E-state index is 12.5. The summed E-state index contributed by atoms with van der Waals surface area (Å²) in [5.41, 5.74) is 0. The van der Waals surface area contributed by atoms with Crippen LogP contribution in [-0.4, -0.2) is 17.0 Å². The minimum absolute atomic E-state index is 0.0122. The van der Waals surface area contributed by atoms with Crippen molar-refractivity contribution in [3.8, 4) is 0 Å². The first-order valence-electron chi connectivity index (χ1n) is 7.71. The highest BCUT2D eigenvalue weighted by Crippen LogP contribution is 2.42. The van der Waals surface area contributed by atoms with Crippen LogP contribution in [0.2, 0.25) is 0 Å². The van der Waals surface area contributed by atoms with Crippen LogP contribution in [0.3, 0.4) is 0 Å². The van der Waals surface area contributed by atoms with Gasteiger partial charge in [-0.2, -0.15) is 0 Å². The summed E-state index contributed by atoms with van der Waals surface area (Å²) < 4.78 is 0. The van der Waals surface area contributed by atoms with E-state index in [0.29, 0.717) is 31.6 Å². The molecule has 114 valence electrons. The van der Waals surface area contributed by atoms with Gasteiger partial charge < -0.3 is 10.4 Å². The Labute approximate surface area is 128 Å². The SMILES string of the molecule is O=C(O)C1CCC(C(=O)NC(c2cccs2)C2CC2)CC1. The third-order valence-corrected chi connectivity index (χ3v) is 5.64. The van der Waals surface area contributed by atoms with Gasteiger partial charge in [-0.25, -0.2) is 0 Å². The molecule has 1 heterocycles. The number of aliphatic carboxylic acids is 1. The highest BCUT2D eigenvalue weighted by molar-refractivity contribution is 7.10. The van der Waals surface area contributed by atoms with E-state index in [0.717, 1.165) is 0 Å². The molecular formula is C16H21NO3S. The summed E-state index contributed by atoms with van der Waals surface area (Å²) in [6.45, 7) is 0. The fourth-order valence-electron chi connectivity index (χ4n) is 3.19. The van der Waals surface area contributed by atoms with Crippen LogP contribution in [0.4, 0.5) is 0 Å². The largest absolute Gasteiger partial charge is 0.481 e. The highest BCUT2D eigenvalue weighted by Gasteiger charge is 2.36. The number of amides is 1. The van der Waals surface area contributed by atoms with Gasteiger partial charge in [0.2, 0.25) is 5.91 Å². The van der Waals surface area contributed by atoms with E-state index in [1.54, 1.807) is 11.3 Å². The van der Waals surface area contributed by atoms with Gasteiger partial charge in [0.25, 0.3) is 0 Å². The molecule has 0 bridgehead atoms. The van der Waals surface area contributed by atoms with Crippen LogP contribution >= 0.6 is 11.3 Å². The molecule has 1 amide bonds. The molecule has 2 fully saturated rings. The van der Waals surface area contributed by atoms with E-state index in [1.165, 1.54) is 17.7 Å². The Morgan fingerprint density at radius 3 is 2.33 bits per heavy atom. The summed E-state index contributed by atoms with van der Waals surface area (Å²) in [5, 5.41) is 14.3. The summed E-state index contributed by atoms with van der Waals surface area (Å²) >= 11 is 1.70. The molecule has 1 aromatic heterocycles. The molecule has 2 N–H and O–H groups in total. The molecule has 1 atom stereocenters. The molecule has 0 aromatic carbocycles.